The van der Waals surface area contributed by atoms with Crippen LogP contribution in [0.5, 0.6) is 0 Å². The van der Waals surface area contributed by atoms with Crippen molar-refractivity contribution in [3.63, 3.8) is 0 Å². The van der Waals surface area contributed by atoms with Crippen LogP contribution in [0.1, 0.15) is 44.5 Å². The maximum atomic E-state index is 6.18. The average Bonchev–Trinajstić information content (AvgIpc) is 2.61. The van der Waals surface area contributed by atoms with E-state index in [9.17, 15) is 0 Å². The van der Waals surface area contributed by atoms with Crippen LogP contribution >= 0.6 is 22.9 Å². The first-order valence-corrected chi connectivity index (χ1v) is 6.92. The molecule has 1 N–H and O–H groups in total. The van der Waals surface area contributed by atoms with Crippen LogP contribution in [0.25, 0.3) is 0 Å². The van der Waals surface area contributed by atoms with Crippen molar-refractivity contribution in [1.82, 2.24) is 5.32 Å². The van der Waals surface area contributed by atoms with Gasteiger partial charge in [0.15, 0.2) is 0 Å². The van der Waals surface area contributed by atoms with E-state index in [4.69, 9.17) is 11.6 Å². The van der Waals surface area contributed by atoms with Crippen molar-refractivity contribution in [2.24, 2.45) is 5.92 Å². The minimum Gasteiger partial charge on any atom is -0.309 e. The van der Waals surface area contributed by atoms with Crippen molar-refractivity contribution in [1.29, 1.82) is 0 Å². The molecule has 0 radical (unpaired) electrons. The van der Waals surface area contributed by atoms with Gasteiger partial charge in [-0.05, 0) is 30.3 Å². The third-order valence-electron chi connectivity index (χ3n) is 2.66. The van der Waals surface area contributed by atoms with E-state index in [1.807, 2.05) is 6.07 Å². The van der Waals surface area contributed by atoms with Crippen molar-refractivity contribution < 1.29 is 0 Å². The van der Waals surface area contributed by atoms with Crippen LogP contribution in [0.15, 0.2) is 11.4 Å². The lowest BCUT2D eigenvalue weighted by Gasteiger charge is -2.24. The summed E-state index contributed by atoms with van der Waals surface area (Å²) in [6.07, 6.45) is 2.47. The van der Waals surface area contributed by atoms with E-state index in [0.29, 0.717) is 12.0 Å². The molecule has 0 aliphatic rings. The Kier molecular flexibility index (Phi) is 5.65. The highest BCUT2D eigenvalue weighted by atomic mass is 35.5. The molecule has 0 spiro atoms. The number of hydrogen-bond acceptors (Lipinski definition) is 2. The standard InChI is InChI=1S/C12H20ClNS/c1-4-6-9(3)11(14-5-2)12-10(13)7-8-15-12/h7-9,11,14H,4-6H2,1-3H3. The van der Waals surface area contributed by atoms with Gasteiger partial charge in [0.05, 0.1) is 5.02 Å². The van der Waals surface area contributed by atoms with Crippen molar-refractivity contribution in [2.45, 2.75) is 39.7 Å². The molecular weight excluding hydrogens is 226 g/mol. The van der Waals surface area contributed by atoms with Gasteiger partial charge in [0, 0.05) is 10.9 Å². The Morgan fingerprint density at radius 2 is 2.20 bits per heavy atom. The lowest BCUT2D eigenvalue weighted by Crippen LogP contribution is -2.26. The van der Waals surface area contributed by atoms with Gasteiger partial charge in [-0.3, -0.25) is 0 Å². The van der Waals surface area contributed by atoms with Crippen molar-refractivity contribution in [3.05, 3.63) is 21.3 Å². The summed E-state index contributed by atoms with van der Waals surface area (Å²) in [5, 5.41) is 6.52. The molecule has 1 heterocycles. The van der Waals surface area contributed by atoms with Gasteiger partial charge in [0.25, 0.3) is 0 Å². The molecule has 0 fully saturated rings. The summed E-state index contributed by atoms with van der Waals surface area (Å²) in [7, 11) is 0. The van der Waals surface area contributed by atoms with Gasteiger partial charge in [0.1, 0.15) is 0 Å². The minimum absolute atomic E-state index is 0.419. The van der Waals surface area contributed by atoms with Gasteiger partial charge in [-0.1, -0.05) is 38.8 Å². The van der Waals surface area contributed by atoms with Crippen LogP contribution in [-0.2, 0) is 0 Å². The third kappa shape index (κ3) is 3.47. The first kappa shape index (κ1) is 13.0. The van der Waals surface area contributed by atoms with E-state index in [0.717, 1.165) is 11.6 Å². The van der Waals surface area contributed by atoms with Crippen LogP contribution in [-0.4, -0.2) is 6.54 Å². The molecule has 0 amide bonds. The Morgan fingerprint density at radius 3 is 2.67 bits per heavy atom. The second kappa shape index (κ2) is 6.51. The third-order valence-corrected chi connectivity index (χ3v) is 4.11. The summed E-state index contributed by atoms with van der Waals surface area (Å²) in [6.45, 7) is 7.67. The Hall–Kier alpha value is -0.0500. The van der Waals surface area contributed by atoms with Gasteiger partial charge in [-0.25, -0.2) is 0 Å². The minimum atomic E-state index is 0.419. The molecule has 2 unspecified atom stereocenters. The van der Waals surface area contributed by atoms with E-state index in [1.165, 1.54) is 17.7 Å². The largest absolute Gasteiger partial charge is 0.309 e. The maximum absolute atomic E-state index is 6.18. The zero-order valence-electron chi connectivity index (χ0n) is 9.72. The first-order valence-electron chi connectivity index (χ1n) is 5.66. The Bertz CT molecular complexity index is 285. The molecule has 0 aromatic carbocycles. The number of halogens is 1. The molecule has 86 valence electrons. The molecule has 15 heavy (non-hydrogen) atoms. The molecule has 1 aromatic rings. The Morgan fingerprint density at radius 1 is 1.47 bits per heavy atom. The van der Waals surface area contributed by atoms with Crippen molar-refractivity contribution in [2.75, 3.05) is 6.54 Å². The summed E-state index contributed by atoms with van der Waals surface area (Å²) in [5.41, 5.74) is 0. The molecule has 0 aliphatic heterocycles. The predicted octanol–water partition coefficient (Wildman–Crippen LogP) is 4.49. The predicted molar refractivity (Wildman–Crippen MR) is 69.8 cm³/mol. The fourth-order valence-corrected chi connectivity index (χ4v) is 3.30. The summed E-state index contributed by atoms with van der Waals surface area (Å²) >= 11 is 7.94. The van der Waals surface area contributed by atoms with Crippen LogP contribution in [0.4, 0.5) is 0 Å². The molecule has 0 bridgehead atoms. The van der Waals surface area contributed by atoms with Crippen LogP contribution in [0, 0.1) is 5.92 Å². The second-order valence-corrected chi connectivity index (χ2v) is 5.29. The highest BCUT2D eigenvalue weighted by Crippen LogP contribution is 2.34. The number of thiophene rings is 1. The van der Waals surface area contributed by atoms with Gasteiger partial charge in [-0.15, -0.1) is 11.3 Å². The lowest BCUT2D eigenvalue weighted by molar-refractivity contribution is 0.374. The van der Waals surface area contributed by atoms with E-state index >= 15 is 0 Å². The Balaban J connectivity index is 2.77. The SMILES string of the molecule is CCCC(C)C(NCC)c1sccc1Cl. The fourth-order valence-electron chi connectivity index (χ4n) is 1.92. The van der Waals surface area contributed by atoms with Crippen molar-refractivity contribution in [3.8, 4) is 0 Å². The van der Waals surface area contributed by atoms with Crippen LogP contribution in [0.3, 0.4) is 0 Å². The average molecular weight is 246 g/mol. The normalized spacial score (nSPS) is 15.2. The summed E-state index contributed by atoms with van der Waals surface area (Å²) in [5.74, 6) is 0.645. The molecule has 1 aromatic heterocycles. The van der Waals surface area contributed by atoms with Gasteiger partial charge in [0.2, 0.25) is 0 Å². The number of rotatable bonds is 6. The van der Waals surface area contributed by atoms with Gasteiger partial charge in [-0.2, -0.15) is 0 Å². The number of hydrogen-bond donors (Lipinski definition) is 1. The zero-order chi connectivity index (χ0) is 11.3. The lowest BCUT2D eigenvalue weighted by atomic mass is 9.95. The van der Waals surface area contributed by atoms with Crippen LogP contribution in [0.2, 0.25) is 5.02 Å². The topological polar surface area (TPSA) is 12.0 Å². The second-order valence-electron chi connectivity index (χ2n) is 3.93. The molecule has 3 heteroatoms. The van der Waals surface area contributed by atoms with Gasteiger partial charge < -0.3 is 5.32 Å². The van der Waals surface area contributed by atoms with Crippen LogP contribution < -0.4 is 5.32 Å². The van der Waals surface area contributed by atoms with Crippen molar-refractivity contribution >= 4 is 22.9 Å². The summed E-state index contributed by atoms with van der Waals surface area (Å²) < 4.78 is 0. The molecule has 1 nitrogen and oxygen atoms in total. The van der Waals surface area contributed by atoms with E-state index in [1.54, 1.807) is 11.3 Å². The van der Waals surface area contributed by atoms with E-state index < -0.39 is 0 Å². The number of nitrogens with one attached hydrogen (secondary N) is 1. The molecular formula is C12H20ClNS. The van der Waals surface area contributed by atoms with Gasteiger partial charge >= 0.3 is 0 Å². The molecule has 0 saturated carbocycles. The van der Waals surface area contributed by atoms with E-state index in [2.05, 4.69) is 31.5 Å². The van der Waals surface area contributed by atoms with E-state index in [-0.39, 0.29) is 0 Å². The maximum Gasteiger partial charge on any atom is 0.0561 e. The molecule has 1 rings (SSSR count). The quantitative estimate of drug-likeness (QED) is 0.779. The summed E-state index contributed by atoms with van der Waals surface area (Å²) in [4.78, 5) is 1.29. The Labute approximate surface area is 102 Å². The first-order chi connectivity index (χ1) is 7.20. The highest BCUT2D eigenvalue weighted by molar-refractivity contribution is 7.10. The highest BCUT2D eigenvalue weighted by Gasteiger charge is 2.20. The zero-order valence-corrected chi connectivity index (χ0v) is 11.3. The molecule has 0 aliphatic carbocycles. The molecule has 0 saturated heterocycles. The monoisotopic (exact) mass is 245 g/mol. The fraction of sp³-hybridized carbons (Fsp3) is 0.667. The smallest absolute Gasteiger partial charge is 0.0561 e. The molecule has 2 atom stereocenters. The summed E-state index contributed by atoms with van der Waals surface area (Å²) in [6, 6.07) is 2.41.